The van der Waals surface area contributed by atoms with Crippen LogP contribution in [-0.2, 0) is 10.2 Å². The minimum absolute atomic E-state index is 0.0321. The number of hydrazine groups is 1. The van der Waals surface area contributed by atoms with Crippen LogP contribution >= 0.6 is 12.2 Å². The van der Waals surface area contributed by atoms with E-state index in [9.17, 15) is 9.59 Å². The summed E-state index contributed by atoms with van der Waals surface area (Å²) in [5, 5.41) is 2.67. The van der Waals surface area contributed by atoms with Gasteiger partial charge in [-0.2, -0.15) is 0 Å². The lowest BCUT2D eigenvalue weighted by atomic mass is 9.87. The maximum Gasteiger partial charge on any atom is 0.257 e. The predicted octanol–water partition coefficient (Wildman–Crippen LogP) is 3.20. The number of rotatable bonds is 2. The van der Waals surface area contributed by atoms with Gasteiger partial charge in [0.25, 0.3) is 5.91 Å². The molecule has 25 heavy (non-hydrogen) atoms. The molecule has 0 saturated heterocycles. The molecule has 0 radical (unpaired) electrons. The molecule has 0 unspecified atom stereocenters. The van der Waals surface area contributed by atoms with Crippen molar-refractivity contribution in [3.63, 3.8) is 0 Å². The lowest BCUT2D eigenvalue weighted by Crippen LogP contribution is -2.50. The summed E-state index contributed by atoms with van der Waals surface area (Å²) >= 11 is 5.08. The molecule has 0 spiro atoms. The van der Waals surface area contributed by atoms with Crippen LogP contribution in [0.2, 0.25) is 0 Å². The molecular formula is C19H27N3O2S. The summed E-state index contributed by atoms with van der Waals surface area (Å²) in [6.07, 6.45) is 5.19. The average molecular weight is 362 g/mol. The first-order valence-corrected chi connectivity index (χ1v) is 9.20. The molecule has 2 rings (SSSR count). The number of benzene rings is 1. The van der Waals surface area contributed by atoms with Crippen LogP contribution in [0.25, 0.3) is 0 Å². The molecule has 1 aromatic rings. The second-order valence-corrected chi connectivity index (χ2v) is 7.97. The number of nitrogens with one attached hydrogen (secondary N) is 3. The van der Waals surface area contributed by atoms with E-state index < -0.39 is 0 Å². The fourth-order valence-corrected chi connectivity index (χ4v) is 3.06. The van der Waals surface area contributed by atoms with Gasteiger partial charge in [-0.1, -0.05) is 52.2 Å². The summed E-state index contributed by atoms with van der Waals surface area (Å²) < 4.78 is 0. The quantitative estimate of drug-likeness (QED) is 0.559. The molecule has 1 aliphatic rings. The van der Waals surface area contributed by atoms with Crippen LogP contribution in [0.5, 0.6) is 0 Å². The second kappa shape index (κ2) is 8.43. The maximum absolute atomic E-state index is 12.2. The predicted molar refractivity (Wildman–Crippen MR) is 103 cm³/mol. The molecule has 3 N–H and O–H groups in total. The van der Waals surface area contributed by atoms with Gasteiger partial charge in [0.2, 0.25) is 5.91 Å². The minimum atomic E-state index is -0.301. The Kier molecular flexibility index (Phi) is 6.53. The zero-order valence-corrected chi connectivity index (χ0v) is 16.0. The molecule has 1 saturated carbocycles. The van der Waals surface area contributed by atoms with Crippen LogP contribution in [0.4, 0.5) is 0 Å². The summed E-state index contributed by atoms with van der Waals surface area (Å²) in [6.45, 7) is 6.36. The van der Waals surface area contributed by atoms with Crippen LogP contribution in [0, 0.1) is 5.92 Å². The Balaban J connectivity index is 1.81. The molecule has 136 valence electrons. The van der Waals surface area contributed by atoms with Gasteiger partial charge in [0.15, 0.2) is 5.11 Å². The topological polar surface area (TPSA) is 70.2 Å². The van der Waals surface area contributed by atoms with Crippen LogP contribution < -0.4 is 16.2 Å². The fourth-order valence-electron chi connectivity index (χ4n) is 2.91. The molecule has 1 aromatic carbocycles. The van der Waals surface area contributed by atoms with E-state index in [2.05, 4.69) is 36.9 Å². The Morgan fingerprint density at radius 2 is 1.60 bits per heavy atom. The molecule has 0 aliphatic heterocycles. The molecule has 6 heteroatoms. The Hall–Kier alpha value is -1.95. The lowest BCUT2D eigenvalue weighted by molar-refractivity contribution is -0.126. The van der Waals surface area contributed by atoms with Gasteiger partial charge in [-0.3, -0.25) is 25.8 Å². The van der Waals surface area contributed by atoms with Gasteiger partial charge in [0.05, 0.1) is 0 Å². The van der Waals surface area contributed by atoms with Gasteiger partial charge in [-0.15, -0.1) is 0 Å². The molecule has 0 atom stereocenters. The molecule has 5 nitrogen and oxygen atoms in total. The van der Waals surface area contributed by atoms with E-state index in [0.29, 0.717) is 5.56 Å². The van der Waals surface area contributed by atoms with E-state index in [4.69, 9.17) is 12.2 Å². The average Bonchev–Trinajstić information content (AvgIpc) is 2.59. The third-order valence-electron chi connectivity index (χ3n) is 4.52. The van der Waals surface area contributed by atoms with E-state index in [1.54, 1.807) is 12.1 Å². The van der Waals surface area contributed by atoms with Gasteiger partial charge in [-0.05, 0) is 48.2 Å². The molecule has 0 bridgehead atoms. The number of amides is 2. The van der Waals surface area contributed by atoms with Gasteiger partial charge in [0, 0.05) is 11.5 Å². The molecule has 0 aromatic heterocycles. The Labute approximate surface area is 154 Å². The first-order valence-electron chi connectivity index (χ1n) is 8.79. The first-order chi connectivity index (χ1) is 11.8. The van der Waals surface area contributed by atoms with Crippen molar-refractivity contribution in [3.8, 4) is 0 Å². The van der Waals surface area contributed by atoms with Gasteiger partial charge in [0.1, 0.15) is 0 Å². The smallest absolute Gasteiger partial charge is 0.257 e. The third kappa shape index (κ3) is 5.81. The summed E-state index contributed by atoms with van der Waals surface area (Å²) in [4.78, 5) is 24.3. The number of carbonyl (C=O) groups excluding carboxylic acids is 2. The van der Waals surface area contributed by atoms with Crippen LogP contribution in [0.15, 0.2) is 24.3 Å². The highest BCUT2D eigenvalue weighted by Crippen LogP contribution is 2.23. The zero-order chi connectivity index (χ0) is 18.4. The molecule has 2 amide bonds. The molecule has 0 heterocycles. The van der Waals surface area contributed by atoms with Crippen molar-refractivity contribution in [3.05, 3.63) is 35.4 Å². The Bertz CT molecular complexity index is 629. The van der Waals surface area contributed by atoms with E-state index in [-0.39, 0.29) is 28.3 Å². The standard InChI is InChI=1S/C19H27N3O2S/c1-19(2,3)15-11-9-14(10-12-15)16(23)20-18(25)22-21-17(24)13-7-5-4-6-8-13/h9-13H,4-8H2,1-3H3,(H,21,24)(H2,20,22,23,25). The minimum Gasteiger partial charge on any atom is -0.298 e. The van der Waals surface area contributed by atoms with Crippen LogP contribution in [0.3, 0.4) is 0 Å². The molecular weight excluding hydrogens is 334 g/mol. The summed E-state index contributed by atoms with van der Waals surface area (Å²) in [5.41, 5.74) is 6.93. The van der Waals surface area contributed by atoms with Crippen molar-refractivity contribution in [2.75, 3.05) is 0 Å². The van der Waals surface area contributed by atoms with E-state index >= 15 is 0 Å². The largest absolute Gasteiger partial charge is 0.298 e. The van der Waals surface area contributed by atoms with Crippen molar-refractivity contribution in [2.45, 2.75) is 58.3 Å². The monoisotopic (exact) mass is 361 g/mol. The fraction of sp³-hybridized carbons (Fsp3) is 0.526. The van der Waals surface area contributed by atoms with Crippen molar-refractivity contribution in [1.82, 2.24) is 16.2 Å². The van der Waals surface area contributed by atoms with E-state index in [1.165, 1.54) is 6.42 Å². The van der Waals surface area contributed by atoms with E-state index in [0.717, 1.165) is 31.2 Å². The SMILES string of the molecule is CC(C)(C)c1ccc(C(=O)NC(=S)NNC(=O)C2CCCCC2)cc1. The Morgan fingerprint density at radius 3 is 2.16 bits per heavy atom. The molecule has 1 fully saturated rings. The third-order valence-corrected chi connectivity index (χ3v) is 4.72. The van der Waals surface area contributed by atoms with Crippen molar-refractivity contribution in [2.24, 2.45) is 5.92 Å². The zero-order valence-electron chi connectivity index (χ0n) is 15.1. The van der Waals surface area contributed by atoms with Crippen molar-refractivity contribution >= 4 is 29.1 Å². The number of hydrogen-bond donors (Lipinski definition) is 3. The number of hydrogen-bond acceptors (Lipinski definition) is 3. The summed E-state index contributed by atoms with van der Waals surface area (Å²) in [5.74, 6) is -0.333. The summed E-state index contributed by atoms with van der Waals surface area (Å²) in [7, 11) is 0. The van der Waals surface area contributed by atoms with Gasteiger partial charge in [-0.25, -0.2) is 0 Å². The number of carbonyl (C=O) groups is 2. The highest BCUT2D eigenvalue weighted by Gasteiger charge is 2.21. The van der Waals surface area contributed by atoms with Crippen LogP contribution in [-0.4, -0.2) is 16.9 Å². The van der Waals surface area contributed by atoms with Crippen LogP contribution in [0.1, 0.15) is 68.8 Å². The van der Waals surface area contributed by atoms with Gasteiger partial charge < -0.3 is 0 Å². The normalized spacial score (nSPS) is 15.3. The second-order valence-electron chi connectivity index (χ2n) is 7.56. The Morgan fingerprint density at radius 1 is 1.00 bits per heavy atom. The van der Waals surface area contributed by atoms with Crippen molar-refractivity contribution < 1.29 is 9.59 Å². The summed E-state index contributed by atoms with van der Waals surface area (Å²) in [6, 6.07) is 7.44. The first kappa shape index (κ1) is 19.4. The van der Waals surface area contributed by atoms with E-state index in [1.807, 2.05) is 12.1 Å². The van der Waals surface area contributed by atoms with Crippen molar-refractivity contribution in [1.29, 1.82) is 0 Å². The molecule has 1 aliphatic carbocycles. The maximum atomic E-state index is 12.2. The lowest BCUT2D eigenvalue weighted by Gasteiger charge is -2.21. The highest BCUT2D eigenvalue weighted by atomic mass is 32.1. The highest BCUT2D eigenvalue weighted by molar-refractivity contribution is 7.80. The van der Waals surface area contributed by atoms with Gasteiger partial charge >= 0.3 is 0 Å². The number of thiocarbonyl (C=S) groups is 1.